The second kappa shape index (κ2) is 5.25. The van der Waals surface area contributed by atoms with Crippen molar-refractivity contribution in [2.75, 3.05) is 0 Å². The Morgan fingerprint density at radius 1 is 1.05 bits per heavy atom. The van der Waals surface area contributed by atoms with Crippen LogP contribution in [0.1, 0.15) is 5.56 Å². The van der Waals surface area contributed by atoms with Gasteiger partial charge in [0.05, 0.1) is 5.21 Å². The van der Waals surface area contributed by atoms with Crippen LogP contribution in [-0.4, -0.2) is 9.90 Å². The molecule has 0 N–H and O–H groups in total. The van der Waals surface area contributed by atoms with Gasteiger partial charge in [0.2, 0.25) is 0 Å². The fraction of sp³-hybridized carbons (Fsp3) is 0.188. The molecule has 3 rings (SSSR count). The highest BCUT2D eigenvalue weighted by molar-refractivity contribution is 5.47. The van der Waals surface area contributed by atoms with Crippen molar-refractivity contribution >= 4 is 0 Å². The van der Waals surface area contributed by atoms with Crippen LogP contribution in [0.2, 0.25) is 0 Å². The quantitative estimate of drug-likeness (QED) is 0.655. The summed E-state index contributed by atoms with van der Waals surface area (Å²) < 4.78 is 5.99. The summed E-state index contributed by atoms with van der Waals surface area (Å²) >= 11 is 0. The van der Waals surface area contributed by atoms with Crippen LogP contribution >= 0.6 is 0 Å². The van der Waals surface area contributed by atoms with Crippen LogP contribution < -0.4 is 9.25 Å². The van der Waals surface area contributed by atoms with Gasteiger partial charge >= 0.3 is 0 Å². The average molecular weight is 266 g/mol. The number of hydrogen-bond acceptors (Lipinski definition) is 1. The van der Waals surface area contributed by atoms with Gasteiger partial charge < -0.3 is 0 Å². The molecule has 0 radical (unpaired) electrons. The van der Waals surface area contributed by atoms with Gasteiger partial charge in [-0.1, -0.05) is 30.3 Å². The molecule has 4 heteroatoms. The van der Waals surface area contributed by atoms with Crippen molar-refractivity contribution in [2.45, 2.75) is 6.54 Å². The maximum Gasteiger partial charge on any atom is 0.261 e. The molecular weight excluding hydrogens is 248 g/mol. The molecule has 0 amide bonds. The number of aromatic nitrogens is 4. The molecule has 0 unspecified atom stereocenters. The van der Waals surface area contributed by atoms with Crippen molar-refractivity contribution in [2.24, 2.45) is 14.1 Å². The molecule has 0 spiro atoms. The van der Waals surface area contributed by atoms with E-state index >= 15 is 0 Å². The topological polar surface area (TPSA) is 25.6 Å². The first kappa shape index (κ1) is 12.5. The molecule has 0 fully saturated rings. The number of rotatable bonds is 3. The number of nitrogens with zero attached hydrogens (tertiary/aromatic N) is 4. The van der Waals surface area contributed by atoms with Crippen LogP contribution in [0.3, 0.4) is 0 Å². The highest BCUT2D eigenvalue weighted by Gasteiger charge is 2.21. The first-order valence-electron chi connectivity index (χ1n) is 6.67. The number of hydrogen-bond donors (Lipinski definition) is 0. The van der Waals surface area contributed by atoms with Crippen molar-refractivity contribution in [3.05, 3.63) is 66.5 Å². The molecule has 2 aromatic heterocycles. The zero-order valence-corrected chi connectivity index (χ0v) is 11.8. The van der Waals surface area contributed by atoms with E-state index in [2.05, 4.69) is 46.3 Å². The molecular formula is C16H18N4+2. The van der Waals surface area contributed by atoms with E-state index in [1.54, 1.807) is 0 Å². The normalized spacial score (nSPS) is 10.7. The number of aryl methyl sites for hydroxylation is 2. The Balaban J connectivity index is 1.94. The van der Waals surface area contributed by atoms with Crippen molar-refractivity contribution < 1.29 is 9.25 Å². The predicted molar refractivity (Wildman–Crippen MR) is 75.6 cm³/mol. The molecule has 20 heavy (non-hydrogen) atoms. The predicted octanol–water partition coefficient (Wildman–Crippen LogP) is 1.25. The van der Waals surface area contributed by atoms with Gasteiger partial charge in [-0.05, 0) is 11.6 Å². The van der Waals surface area contributed by atoms with Gasteiger partial charge in [0.15, 0.2) is 12.4 Å². The van der Waals surface area contributed by atoms with Crippen molar-refractivity contribution in [3.63, 3.8) is 0 Å². The van der Waals surface area contributed by atoms with Crippen molar-refractivity contribution in [1.82, 2.24) is 9.90 Å². The lowest BCUT2D eigenvalue weighted by atomic mass is 10.2. The van der Waals surface area contributed by atoms with E-state index in [-0.39, 0.29) is 0 Å². The van der Waals surface area contributed by atoms with Gasteiger partial charge in [-0.15, -0.1) is 9.36 Å². The van der Waals surface area contributed by atoms with Gasteiger partial charge in [-0.25, -0.2) is 0 Å². The van der Waals surface area contributed by atoms with E-state index in [1.807, 2.05) is 47.9 Å². The minimum Gasteiger partial charge on any atom is -0.198 e. The molecule has 0 atom stereocenters. The monoisotopic (exact) mass is 266 g/mol. The fourth-order valence-electron chi connectivity index (χ4n) is 2.34. The van der Waals surface area contributed by atoms with Crippen molar-refractivity contribution in [3.8, 4) is 11.4 Å². The molecule has 0 aliphatic heterocycles. The molecule has 100 valence electrons. The molecule has 0 bridgehead atoms. The standard InChI is InChI=1S/C16H18N4/c1-18-11-7-6-10-15(18)16-13-20(17-19(16)2)12-14-8-4-3-5-9-14/h3-11,13H,12H2,1-2H3/q+2. The zero-order chi connectivity index (χ0) is 13.9. The second-order valence-electron chi connectivity index (χ2n) is 4.91. The van der Waals surface area contributed by atoms with Crippen LogP contribution in [0.15, 0.2) is 60.9 Å². The summed E-state index contributed by atoms with van der Waals surface area (Å²) in [4.78, 5) is 0. The van der Waals surface area contributed by atoms with Crippen LogP contribution in [0.4, 0.5) is 0 Å². The lowest BCUT2D eigenvalue weighted by Crippen LogP contribution is -2.36. The summed E-state index contributed by atoms with van der Waals surface area (Å²) in [5.74, 6) is 0. The van der Waals surface area contributed by atoms with E-state index in [1.165, 1.54) is 5.56 Å². The van der Waals surface area contributed by atoms with Crippen LogP contribution in [0, 0.1) is 0 Å². The Hall–Kier alpha value is -2.49. The second-order valence-corrected chi connectivity index (χ2v) is 4.91. The summed E-state index contributed by atoms with van der Waals surface area (Å²) in [5.41, 5.74) is 3.50. The largest absolute Gasteiger partial charge is 0.261 e. The number of benzene rings is 1. The highest BCUT2D eigenvalue weighted by atomic mass is 15.5. The first-order valence-corrected chi connectivity index (χ1v) is 6.67. The molecule has 0 saturated carbocycles. The first-order chi connectivity index (χ1) is 9.74. The van der Waals surface area contributed by atoms with Crippen molar-refractivity contribution in [1.29, 1.82) is 0 Å². The smallest absolute Gasteiger partial charge is 0.198 e. The van der Waals surface area contributed by atoms with Crippen LogP contribution in [0.25, 0.3) is 11.4 Å². The van der Waals surface area contributed by atoms with Crippen LogP contribution in [0.5, 0.6) is 0 Å². The fourth-order valence-corrected chi connectivity index (χ4v) is 2.34. The lowest BCUT2D eigenvalue weighted by Gasteiger charge is -1.94. The van der Waals surface area contributed by atoms with E-state index in [4.69, 9.17) is 0 Å². The molecule has 0 aliphatic carbocycles. The summed E-state index contributed by atoms with van der Waals surface area (Å²) in [5, 5.41) is 4.54. The van der Waals surface area contributed by atoms with E-state index in [9.17, 15) is 0 Å². The van der Waals surface area contributed by atoms with E-state index in [0.717, 1.165) is 17.9 Å². The minimum atomic E-state index is 0.783. The summed E-state index contributed by atoms with van der Waals surface area (Å²) in [6, 6.07) is 16.5. The summed E-state index contributed by atoms with van der Waals surface area (Å²) in [6.07, 6.45) is 4.13. The highest BCUT2D eigenvalue weighted by Crippen LogP contribution is 2.10. The molecule has 4 nitrogen and oxygen atoms in total. The van der Waals surface area contributed by atoms with Gasteiger partial charge in [-0.2, -0.15) is 4.57 Å². The lowest BCUT2D eigenvalue weighted by molar-refractivity contribution is -0.747. The maximum absolute atomic E-state index is 4.54. The molecule has 0 saturated heterocycles. The molecule has 3 aromatic rings. The van der Waals surface area contributed by atoms with Gasteiger partial charge in [-0.3, -0.25) is 0 Å². The summed E-state index contributed by atoms with van der Waals surface area (Å²) in [6.45, 7) is 0.783. The maximum atomic E-state index is 4.54. The number of pyridine rings is 1. The molecule has 2 heterocycles. The van der Waals surface area contributed by atoms with Gasteiger partial charge in [0.25, 0.3) is 11.4 Å². The van der Waals surface area contributed by atoms with E-state index in [0.29, 0.717) is 0 Å². The van der Waals surface area contributed by atoms with E-state index < -0.39 is 0 Å². The van der Waals surface area contributed by atoms with Gasteiger partial charge in [0.1, 0.15) is 20.6 Å². The third-order valence-electron chi connectivity index (χ3n) is 3.37. The Bertz CT molecular complexity index is 716. The van der Waals surface area contributed by atoms with Gasteiger partial charge in [0, 0.05) is 12.1 Å². The van der Waals surface area contributed by atoms with Crippen LogP contribution in [-0.2, 0) is 20.6 Å². The Morgan fingerprint density at radius 2 is 1.80 bits per heavy atom. The Labute approximate surface area is 118 Å². The Morgan fingerprint density at radius 3 is 2.55 bits per heavy atom. The molecule has 0 aliphatic rings. The summed E-state index contributed by atoms with van der Waals surface area (Å²) in [7, 11) is 4.02. The average Bonchev–Trinajstić information content (AvgIpc) is 2.81. The SMILES string of the molecule is Cn1n[n+](Cc2ccccc2)cc1-c1cccc[n+]1C. The molecule has 1 aromatic carbocycles. The minimum absolute atomic E-state index is 0.783. The zero-order valence-electron chi connectivity index (χ0n) is 11.8. The Kier molecular flexibility index (Phi) is 3.29. The third-order valence-corrected chi connectivity index (χ3v) is 3.37. The third kappa shape index (κ3) is 2.45.